The number of ether oxygens (including phenoxy) is 3. The lowest BCUT2D eigenvalue weighted by Crippen LogP contribution is -2.47. The van der Waals surface area contributed by atoms with Crippen molar-refractivity contribution in [1.29, 1.82) is 0 Å². The monoisotopic (exact) mass is 728 g/mol. The molecule has 0 spiro atoms. The number of amides is 2. The van der Waals surface area contributed by atoms with Gasteiger partial charge < -0.3 is 34.5 Å². The van der Waals surface area contributed by atoms with Crippen LogP contribution in [0.4, 0.5) is 4.79 Å². The van der Waals surface area contributed by atoms with Crippen LogP contribution in [0.5, 0.6) is 0 Å². The summed E-state index contributed by atoms with van der Waals surface area (Å²) in [4.78, 5) is 29.3. The largest absolute Gasteiger partial charge is 0.467 e. The molecular weight excluding hydrogens is 691 g/mol. The molecule has 2 heterocycles. The van der Waals surface area contributed by atoms with Crippen LogP contribution in [0.3, 0.4) is 0 Å². The van der Waals surface area contributed by atoms with E-state index in [2.05, 4.69) is 15.6 Å². The molecule has 0 radical (unpaired) electrons. The van der Waals surface area contributed by atoms with E-state index in [9.17, 15) is 14.7 Å². The first kappa shape index (κ1) is 36.1. The minimum atomic E-state index is -0.829. The fourth-order valence-electron chi connectivity index (χ4n) is 6.03. The first-order valence-corrected chi connectivity index (χ1v) is 17.3. The molecule has 0 bridgehead atoms. The Morgan fingerprint density at radius 3 is 2.33 bits per heavy atom. The molecular formula is C39H38Cl2N4O6. The van der Waals surface area contributed by atoms with E-state index in [4.69, 9.17) is 37.4 Å². The van der Waals surface area contributed by atoms with Crippen LogP contribution in [-0.4, -0.2) is 45.9 Å². The maximum atomic E-state index is 12.8. The molecule has 10 nitrogen and oxygen atoms in total. The zero-order valence-electron chi connectivity index (χ0n) is 27.9. The van der Waals surface area contributed by atoms with Crippen LogP contribution in [0.2, 0.25) is 10.3 Å². The van der Waals surface area contributed by atoms with E-state index in [-0.39, 0.29) is 30.5 Å². The number of nitrogens with one attached hydrogen (secondary N) is 2. The number of halogens is 2. The molecule has 12 heteroatoms. The van der Waals surface area contributed by atoms with Gasteiger partial charge in [0.15, 0.2) is 11.4 Å². The number of hydrogen-bond donors (Lipinski definition) is 3. The van der Waals surface area contributed by atoms with Gasteiger partial charge in [-0.15, -0.1) is 0 Å². The van der Waals surface area contributed by atoms with Crippen molar-refractivity contribution in [3.8, 4) is 11.1 Å². The summed E-state index contributed by atoms with van der Waals surface area (Å²) in [7, 11) is 1.30. The number of urea groups is 1. The number of imidazole rings is 1. The number of carbonyl (C=O) groups excluding carboxylic acids is 2. The number of benzene rings is 4. The summed E-state index contributed by atoms with van der Waals surface area (Å²) in [5, 5.41) is 15.7. The molecule has 4 aromatic carbocycles. The van der Waals surface area contributed by atoms with Gasteiger partial charge in [0.25, 0.3) is 0 Å². The minimum Gasteiger partial charge on any atom is -0.467 e. The minimum absolute atomic E-state index is 0.0398. The highest BCUT2D eigenvalue weighted by atomic mass is 35.5. The highest BCUT2D eigenvalue weighted by Crippen LogP contribution is 2.39. The second-order valence-electron chi connectivity index (χ2n) is 12.2. The third-order valence-corrected chi connectivity index (χ3v) is 9.46. The molecule has 0 saturated carbocycles. The van der Waals surface area contributed by atoms with E-state index in [0.717, 1.165) is 38.9 Å². The predicted octanol–water partition coefficient (Wildman–Crippen LogP) is 7.18. The van der Waals surface area contributed by atoms with E-state index >= 15 is 0 Å². The molecule has 3 N–H and O–H groups in total. The van der Waals surface area contributed by atoms with Gasteiger partial charge in [-0.25, -0.2) is 14.6 Å². The third-order valence-electron chi connectivity index (χ3n) is 8.69. The average molecular weight is 730 g/mol. The van der Waals surface area contributed by atoms with E-state index in [1.165, 1.54) is 7.11 Å². The number of methoxy groups -OCH3 is 1. The Labute approximate surface area is 306 Å². The predicted molar refractivity (Wildman–Crippen MR) is 194 cm³/mol. The first-order valence-electron chi connectivity index (χ1n) is 16.5. The van der Waals surface area contributed by atoms with E-state index < -0.39 is 24.3 Å². The van der Waals surface area contributed by atoms with Crippen LogP contribution < -0.4 is 10.6 Å². The molecule has 1 fully saturated rings. The number of carbonyl (C=O) groups is 2. The van der Waals surface area contributed by atoms with Crippen molar-refractivity contribution in [2.75, 3.05) is 7.11 Å². The lowest BCUT2D eigenvalue weighted by Gasteiger charge is -2.36. The molecule has 5 aromatic rings. The van der Waals surface area contributed by atoms with Gasteiger partial charge in [0, 0.05) is 24.9 Å². The van der Waals surface area contributed by atoms with Crippen molar-refractivity contribution in [1.82, 2.24) is 20.2 Å². The molecule has 1 aliphatic rings. The molecule has 0 unspecified atom stereocenters. The Kier molecular flexibility index (Phi) is 12.0. The van der Waals surface area contributed by atoms with Crippen molar-refractivity contribution in [3.05, 3.63) is 148 Å². The summed E-state index contributed by atoms with van der Waals surface area (Å²) >= 11 is 12.5. The van der Waals surface area contributed by atoms with Gasteiger partial charge in [-0.3, -0.25) is 0 Å². The number of nitrogens with zero attached hydrogens (tertiary/aromatic N) is 2. The first-order chi connectivity index (χ1) is 24.8. The molecule has 1 aliphatic heterocycles. The second kappa shape index (κ2) is 17.0. The summed E-state index contributed by atoms with van der Waals surface area (Å²) in [6.07, 6.45) is 1.23. The molecule has 0 aliphatic carbocycles. The number of aliphatic hydroxyl groups excluding tert-OH is 1. The molecule has 4 atom stereocenters. The van der Waals surface area contributed by atoms with E-state index in [1.54, 1.807) is 10.9 Å². The van der Waals surface area contributed by atoms with Crippen molar-refractivity contribution < 1.29 is 28.9 Å². The van der Waals surface area contributed by atoms with Gasteiger partial charge in [0.05, 0.1) is 38.8 Å². The van der Waals surface area contributed by atoms with Gasteiger partial charge in [0.1, 0.15) is 11.2 Å². The lowest BCUT2D eigenvalue weighted by atomic mass is 9.98. The number of hydrogen-bond acceptors (Lipinski definition) is 7. The Hall–Kier alpha value is -4.71. The number of rotatable bonds is 12. The zero-order chi connectivity index (χ0) is 35.7. The van der Waals surface area contributed by atoms with Crippen LogP contribution in [0.1, 0.15) is 46.6 Å². The van der Waals surface area contributed by atoms with Crippen LogP contribution in [-0.2, 0) is 45.1 Å². The van der Waals surface area contributed by atoms with Crippen LogP contribution in [0.25, 0.3) is 11.1 Å². The highest BCUT2D eigenvalue weighted by Gasteiger charge is 2.33. The van der Waals surface area contributed by atoms with Crippen molar-refractivity contribution >= 4 is 35.2 Å². The Morgan fingerprint density at radius 1 is 0.902 bits per heavy atom. The Bertz CT molecular complexity index is 1940. The highest BCUT2D eigenvalue weighted by molar-refractivity contribution is 6.40. The third kappa shape index (κ3) is 9.35. The summed E-state index contributed by atoms with van der Waals surface area (Å²) in [6, 6.07) is 31.6. The maximum absolute atomic E-state index is 12.8. The maximum Gasteiger partial charge on any atom is 0.328 e. The van der Waals surface area contributed by atoms with Crippen molar-refractivity contribution in [3.63, 3.8) is 0 Å². The molecule has 1 aromatic heterocycles. The molecule has 6 rings (SSSR count). The fourth-order valence-corrected chi connectivity index (χ4v) is 6.34. The quantitative estimate of drug-likeness (QED) is 0.116. The molecule has 51 heavy (non-hydrogen) atoms. The Morgan fingerprint density at radius 2 is 1.63 bits per heavy atom. The summed E-state index contributed by atoms with van der Waals surface area (Å²) in [5.74, 6) is -0.519. The standard InChI is InChI=1S/C39H38Cl2N4O6/c1-49-37(47)33(18-25-7-3-2-4-8-25)44-39(48)42-21-27-9-5-10-29(17-27)30-11-6-12-31(19-30)38-50-32(22-45-24-43-35(40)36(45)41)20-34(51-38)28-15-13-26(23-46)14-16-28/h2-17,19,24,32-34,38,46H,18,20-23H2,1H3,(H2,42,44,48)/t32-,33+,34+,38+/m1/s1. The van der Waals surface area contributed by atoms with E-state index in [0.29, 0.717) is 24.5 Å². The van der Waals surface area contributed by atoms with Crippen molar-refractivity contribution in [2.45, 2.75) is 57.1 Å². The summed E-state index contributed by atoms with van der Waals surface area (Å²) in [5.41, 5.74) is 6.28. The second-order valence-corrected chi connectivity index (χ2v) is 13.0. The SMILES string of the molecule is COC(=O)[C@H](Cc1ccccc1)NC(=O)NCc1cccc(-c2cccc([C@H]3O[C@@H](Cn4cnc(Cl)c4Cl)C[C@@H](c4ccc(CO)cc4)O3)c2)c1. The van der Waals surface area contributed by atoms with Gasteiger partial charge in [0.2, 0.25) is 0 Å². The average Bonchev–Trinajstić information content (AvgIpc) is 3.49. The van der Waals surface area contributed by atoms with Gasteiger partial charge in [-0.1, -0.05) is 114 Å². The van der Waals surface area contributed by atoms with Crippen molar-refractivity contribution in [2.24, 2.45) is 0 Å². The van der Waals surface area contributed by atoms with Gasteiger partial charge in [-0.2, -0.15) is 0 Å². The number of aromatic nitrogens is 2. The summed E-state index contributed by atoms with van der Waals surface area (Å²) in [6.45, 7) is 0.632. The molecule has 264 valence electrons. The summed E-state index contributed by atoms with van der Waals surface area (Å²) < 4.78 is 19.7. The number of aliphatic hydroxyl groups is 1. The number of esters is 1. The topological polar surface area (TPSA) is 124 Å². The van der Waals surface area contributed by atoms with Gasteiger partial charge in [-0.05, 0) is 45.5 Å². The van der Waals surface area contributed by atoms with Crippen LogP contribution in [0, 0.1) is 0 Å². The zero-order valence-corrected chi connectivity index (χ0v) is 29.4. The smallest absolute Gasteiger partial charge is 0.328 e. The van der Waals surface area contributed by atoms with E-state index in [1.807, 2.05) is 103 Å². The fraction of sp³-hybridized carbons (Fsp3) is 0.256. The normalized spacial score (nSPS) is 17.8. The van der Waals surface area contributed by atoms with Crippen LogP contribution >= 0.6 is 23.2 Å². The molecule has 1 saturated heterocycles. The lowest BCUT2D eigenvalue weighted by molar-refractivity contribution is -0.252. The Balaban J connectivity index is 1.16. The molecule has 2 amide bonds. The van der Waals surface area contributed by atoms with Gasteiger partial charge >= 0.3 is 12.0 Å². The van der Waals surface area contributed by atoms with Crippen LogP contribution in [0.15, 0.2) is 109 Å².